The summed E-state index contributed by atoms with van der Waals surface area (Å²) in [5.41, 5.74) is 1.39. The molecule has 0 N–H and O–H groups in total. The van der Waals surface area contributed by atoms with Crippen molar-refractivity contribution in [2.45, 2.75) is 13.0 Å². The summed E-state index contributed by atoms with van der Waals surface area (Å²) in [6.07, 6.45) is 3.09. The standard InChI is InChI=1S/C20H22N2O5/c1-14(16-8-5-9-17(13-16)22(24)25)21(2)19(23)12-11-15-7-6-10-18(26-3)20(15)27-4/h5-14H,1-4H3/b12-11+/t14-/m0/s1. The fraction of sp³-hybridized carbons (Fsp3) is 0.250. The zero-order valence-corrected chi connectivity index (χ0v) is 15.7. The SMILES string of the molecule is COc1cccc(/C=C/C(=O)N(C)[C@@H](C)c2cccc([N+](=O)[O-])c2)c1OC. The Morgan fingerprint density at radius 2 is 1.89 bits per heavy atom. The third kappa shape index (κ3) is 4.63. The summed E-state index contributed by atoms with van der Waals surface area (Å²) in [6.45, 7) is 1.82. The van der Waals surface area contributed by atoms with Crippen LogP contribution in [0.1, 0.15) is 24.1 Å². The number of non-ortho nitro benzene ring substituents is 1. The molecule has 0 aromatic heterocycles. The third-order valence-corrected chi connectivity index (χ3v) is 4.33. The van der Waals surface area contributed by atoms with Crippen molar-refractivity contribution in [3.05, 3.63) is 69.8 Å². The number of benzene rings is 2. The second-order valence-corrected chi connectivity index (χ2v) is 5.89. The molecule has 0 bridgehead atoms. The molecule has 0 heterocycles. The Morgan fingerprint density at radius 1 is 1.19 bits per heavy atom. The monoisotopic (exact) mass is 370 g/mol. The first-order valence-corrected chi connectivity index (χ1v) is 8.29. The molecule has 7 nitrogen and oxygen atoms in total. The molecule has 2 aromatic carbocycles. The molecule has 1 amide bonds. The molecule has 2 aromatic rings. The number of nitro groups is 1. The number of methoxy groups -OCH3 is 2. The van der Waals surface area contributed by atoms with E-state index in [0.717, 1.165) is 0 Å². The van der Waals surface area contributed by atoms with Crippen LogP contribution in [0.25, 0.3) is 6.08 Å². The van der Waals surface area contributed by atoms with E-state index < -0.39 is 4.92 Å². The highest BCUT2D eigenvalue weighted by Crippen LogP contribution is 2.31. The van der Waals surface area contributed by atoms with Gasteiger partial charge in [-0.25, -0.2) is 0 Å². The minimum atomic E-state index is -0.451. The topological polar surface area (TPSA) is 81.9 Å². The lowest BCUT2D eigenvalue weighted by Gasteiger charge is -2.24. The highest BCUT2D eigenvalue weighted by atomic mass is 16.6. The molecule has 1 atom stereocenters. The van der Waals surface area contributed by atoms with Crippen molar-refractivity contribution in [3.8, 4) is 11.5 Å². The first-order valence-electron chi connectivity index (χ1n) is 8.29. The van der Waals surface area contributed by atoms with Crippen LogP contribution in [0.15, 0.2) is 48.5 Å². The number of amides is 1. The quantitative estimate of drug-likeness (QED) is 0.420. The molecule has 0 saturated heterocycles. The van der Waals surface area contributed by atoms with E-state index in [9.17, 15) is 14.9 Å². The van der Waals surface area contributed by atoms with Crippen molar-refractivity contribution in [1.29, 1.82) is 0 Å². The first kappa shape index (κ1) is 20.0. The van der Waals surface area contributed by atoms with Crippen LogP contribution in [0, 0.1) is 10.1 Å². The number of carbonyl (C=O) groups excluding carboxylic acids is 1. The number of para-hydroxylation sites is 1. The lowest BCUT2D eigenvalue weighted by molar-refractivity contribution is -0.384. The van der Waals surface area contributed by atoms with Crippen molar-refractivity contribution in [2.24, 2.45) is 0 Å². The van der Waals surface area contributed by atoms with Gasteiger partial charge in [0.1, 0.15) is 0 Å². The Kier molecular flexibility index (Phi) is 6.54. The number of hydrogen-bond donors (Lipinski definition) is 0. The Morgan fingerprint density at radius 3 is 2.52 bits per heavy atom. The predicted octanol–water partition coefficient (Wildman–Crippen LogP) is 3.84. The number of nitrogens with zero attached hydrogens (tertiary/aromatic N) is 2. The van der Waals surface area contributed by atoms with Crippen LogP contribution in [0.3, 0.4) is 0 Å². The predicted molar refractivity (Wildman–Crippen MR) is 103 cm³/mol. The summed E-state index contributed by atoms with van der Waals surface area (Å²) < 4.78 is 10.6. The van der Waals surface area contributed by atoms with Gasteiger partial charge in [-0.05, 0) is 24.6 Å². The lowest BCUT2D eigenvalue weighted by atomic mass is 10.1. The van der Waals surface area contributed by atoms with E-state index in [4.69, 9.17) is 9.47 Å². The van der Waals surface area contributed by atoms with Gasteiger partial charge in [0, 0.05) is 30.8 Å². The van der Waals surface area contributed by atoms with Crippen molar-refractivity contribution in [2.75, 3.05) is 21.3 Å². The van der Waals surface area contributed by atoms with Crippen molar-refractivity contribution < 1.29 is 19.2 Å². The first-order chi connectivity index (χ1) is 12.9. The van der Waals surface area contributed by atoms with E-state index in [0.29, 0.717) is 22.6 Å². The van der Waals surface area contributed by atoms with Crippen molar-refractivity contribution >= 4 is 17.7 Å². The Bertz CT molecular complexity index is 863. The fourth-order valence-electron chi connectivity index (χ4n) is 2.63. The van der Waals surface area contributed by atoms with E-state index in [-0.39, 0.29) is 17.6 Å². The van der Waals surface area contributed by atoms with Crippen LogP contribution in [0.4, 0.5) is 5.69 Å². The summed E-state index contributed by atoms with van der Waals surface area (Å²) in [4.78, 5) is 24.5. The summed E-state index contributed by atoms with van der Waals surface area (Å²) in [7, 11) is 4.73. The fourth-order valence-corrected chi connectivity index (χ4v) is 2.63. The highest BCUT2D eigenvalue weighted by molar-refractivity contribution is 5.92. The van der Waals surface area contributed by atoms with Gasteiger partial charge in [-0.15, -0.1) is 0 Å². The zero-order valence-electron chi connectivity index (χ0n) is 15.7. The van der Waals surface area contributed by atoms with Crippen LogP contribution in [-0.4, -0.2) is 37.0 Å². The smallest absolute Gasteiger partial charge is 0.269 e. The Balaban J connectivity index is 2.19. The van der Waals surface area contributed by atoms with Gasteiger partial charge in [0.2, 0.25) is 5.91 Å². The second kappa shape index (κ2) is 8.84. The Hall–Kier alpha value is -3.35. The molecular formula is C20H22N2O5. The van der Waals surface area contributed by atoms with Gasteiger partial charge in [-0.3, -0.25) is 14.9 Å². The van der Waals surface area contributed by atoms with E-state index in [1.54, 1.807) is 44.5 Å². The van der Waals surface area contributed by atoms with Crippen molar-refractivity contribution in [1.82, 2.24) is 4.90 Å². The molecule has 0 radical (unpaired) electrons. The molecule has 0 fully saturated rings. The van der Waals surface area contributed by atoms with Crippen LogP contribution in [0.2, 0.25) is 0 Å². The molecule has 0 spiro atoms. The summed E-state index contributed by atoms with van der Waals surface area (Å²) in [5.74, 6) is 0.878. The largest absolute Gasteiger partial charge is 0.493 e. The lowest BCUT2D eigenvalue weighted by Crippen LogP contribution is -2.28. The normalized spacial score (nSPS) is 11.9. The Labute approximate surface area is 158 Å². The molecule has 7 heteroatoms. The molecular weight excluding hydrogens is 348 g/mol. The van der Waals surface area contributed by atoms with Crippen LogP contribution >= 0.6 is 0 Å². The van der Waals surface area contributed by atoms with Gasteiger partial charge in [-0.1, -0.05) is 24.3 Å². The summed E-state index contributed by atoms with van der Waals surface area (Å²) >= 11 is 0. The minimum Gasteiger partial charge on any atom is -0.493 e. The number of carbonyl (C=O) groups is 1. The number of hydrogen-bond acceptors (Lipinski definition) is 5. The van der Waals surface area contributed by atoms with Gasteiger partial charge in [0.25, 0.3) is 5.69 Å². The minimum absolute atomic E-state index is 0.00291. The molecule has 0 aliphatic heterocycles. The maximum absolute atomic E-state index is 12.5. The average Bonchev–Trinajstić information content (AvgIpc) is 2.70. The van der Waals surface area contributed by atoms with Gasteiger partial charge < -0.3 is 14.4 Å². The van der Waals surface area contributed by atoms with Gasteiger partial charge in [-0.2, -0.15) is 0 Å². The van der Waals surface area contributed by atoms with Crippen LogP contribution < -0.4 is 9.47 Å². The maximum atomic E-state index is 12.5. The van der Waals surface area contributed by atoms with E-state index >= 15 is 0 Å². The van der Waals surface area contributed by atoms with E-state index in [1.165, 1.54) is 30.2 Å². The number of ether oxygens (including phenoxy) is 2. The molecule has 0 aliphatic carbocycles. The molecule has 0 unspecified atom stereocenters. The maximum Gasteiger partial charge on any atom is 0.269 e. The highest BCUT2D eigenvalue weighted by Gasteiger charge is 2.18. The number of nitro benzene ring substituents is 1. The molecule has 2 rings (SSSR count). The molecule has 0 aliphatic rings. The van der Waals surface area contributed by atoms with Crippen molar-refractivity contribution in [3.63, 3.8) is 0 Å². The average molecular weight is 370 g/mol. The molecule has 142 valence electrons. The molecule has 27 heavy (non-hydrogen) atoms. The second-order valence-electron chi connectivity index (χ2n) is 5.89. The van der Waals surface area contributed by atoms with E-state index in [1.807, 2.05) is 13.0 Å². The summed E-state index contributed by atoms with van der Waals surface area (Å²) in [6, 6.07) is 11.3. The van der Waals surface area contributed by atoms with Gasteiger partial charge in [0.15, 0.2) is 11.5 Å². The third-order valence-electron chi connectivity index (χ3n) is 4.33. The number of likely N-dealkylation sites (N-methyl/N-ethyl adjacent to an activating group) is 1. The number of rotatable bonds is 7. The molecule has 0 saturated carbocycles. The van der Waals surface area contributed by atoms with Crippen LogP contribution in [-0.2, 0) is 4.79 Å². The zero-order chi connectivity index (χ0) is 20.0. The van der Waals surface area contributed by atoms with E-state index in [2.05, 4.69) is 0 Å². The van der Waals surface area contributed by atoms with Gasteiger partial charge >= 0.3 is 0 Å². The van der Waals surface area contributed by atoms with Crippen LogP contribution in [0.5, 0.6) is 11.5 Å². The van der Waals surface area contributed by atoms with Gasteiger partial charge in [0.05, 0.1) is 25.2 Å². The summed E-state index contributed by atoms with van der Waals surface area (Å²) in [5, 5.41) is 10.9.